The highest BCUT2D eigenvalue weighted by Gasteiger charge is 2.14. The van der Waals surface area contributed by atoms with Gasteiger partial charge in [0.2, 0.25) is 10.0 Å². The molecule has 0 amide bonds. The van der Waals surface area contributed by atoms with Gasteiger partial charge in [0.05, 0.1) is 12.3 Å². The van der Waals surface area contributed by atoms with Gasteiger partial charge in [-0.2, -0.15) is 0 Å². The number of sulfonamides is 1. The largest absolute Gasteiger partial charge is 0.357 e. The third-order valence-electron chi connectivity index (χ3n) is 3.90. The molecule has 0 aliphatic carbocycles. The van der Waals surface area contributed by atoms with E-state index < -0.39 is 10.0 Å². The average Bonchev–Trinajstić information content (AvgIpc) is 2.87. The molecule has 7 nitrogen and oxygen atoms in total. The summed E-state index contributed by atoms with van der Waals surface area (Å²) in [6.07, 6.45) is 2.71. The SMILES string of the molecule is CCNC(=NCCCN(C)S(=O)(=O)CC)N(C)Cc1cc(Br)cn1C.I. The summed E-state index contributed by atoms with van der Waals surface area (Å²) in [5.74, 6) is 0.950. The molecule has 1 aromatic rings. The van der Waals surface area contributed by atoms with Gasteiger partial charge in [-0.15, -0.1) is 24.0 Å². The molecule has 1 N–H and O–H groups in total. The summed E-state index contributed by atoms with van der Waals surface area (Å²) in [5, 5.41) is 3.28. The minimum atomic E-state index is -3.12. The molecule has 152 valence electrons. The number of hydrogen-bond acceptors (Lipinski definition) is 3. The quantitative estimate of drug-likeness (QED) is 0.217. The second-order valence-electron chi connectivity index (χ2n) is 5.93. The van der Waals surface area contributed by atoms with Crippen molar-refractivity contribution in [2.75, 3.05) is 39.5 Å². The Balaban J connectivity index is 0.00000625. The fraction of sp³-hybridized carbons (Fsp3) is 0.688. The third kappa shape index (κ3) is 8.13. The summed E-state index contributed by atoms with van der Waals surface area (Å²) < 4.78 is 28.0. The summed E-state index contributed by atoms with van der Waals surface area (Å²) in [4.78, 5) is 6.68. The van der Waals surface area contributed by atoms with Crippen molar-refractivity contribution in [3.8, 4) is 0 Å². The number of nitrogens with one attached hydrogen (secondary N) is 1. The molecule has 0 aliphatic rings. The lowest BCUT2D eigenvalue weighted by Gasteiger charge is -2.22. The summed E-state index contributed by atoms with van der Waals surface area (Å²) in [7, 11) is 2.51. The smallest absolute Gasteiger partial charge is 0.213 e. The lowest BCUT2D eigenvalue weighted by atomic mass is 10.4. The maximum atomic E-state index is 11.7. The molecule has 0 fully saturated rings. The Hall–Kier alpha value is -0.330. The first kappa shape index (κ1) is 25.7. The van der Waals surface area contributed by atoms with Crippen molar-refractivity contribution in [2.24, 2.45) is 12.0 Å². The van der Waals surface area contributed by atoms with Crippen molar-refractivity contribution in [3.63, 3.8) is 0 Å². The molecular formula is C16H31BrIN5O2S. The van der Waals surface area contributed by atoms with Gasteiger partial charge in [-0.25, -0.2) is 12.7 Å². The number of hydrogen-bond donors (Lipinski definition) is 1. The van der Waals surface area contributed by atoms with Crippen molar-refractivity contribution < 1.29 is 8.42 Å². The highest BCUT2D eigenvalue weighted by molar-refractivity contribution is 14.0. The maximum Gasteiger partial charge on any atom is 0.213 e. The molecule has 0 spiro atoms. The minimum absolute atomic E-state index is 0. The molecular weight excluding hydrogens is 533 g/mol. The van der Waals surface area contributed by atoms with Gasteiger partial charge in [-0.3, -0.25) is 4.99 Å². The molecule has 26 heavy (non-hydrogen) atoms. The molecule has 0 saturated heterocycles. The number of rotatable bonds is 9. The van der Waals surface area contributed by atoms with Crippen LogP contribution in [0.3, 0.4) is 0 Å². The van der Waals surface area contributed by atoms with Crippen molar-refractivity contribution >= 4 is 55.9 Å². The van der Waals surface area contributed by atoms with Gasteiger partial charge in [0.15, 0.2) is 5.96 Å². The van der Waals surface area contributed by atoms with E-state index in [9.17, 15) is 8.42 Å². The van der Waals surface area contributed by atoms with Crippen molar-refractivity contribution in [1.29, 1.82) is 0 Å². The predicted octanol–water partition coefficient (Wildman–Crippen LogP) is 2.47. The topological polar surface area (TPSA) is 69.9 Å². The molecule has 10 heteroatoms. The van der Waals surface area contributed by atoms with Gasteiger partial charge in [-0.1, -0.05) is 0 Å². The Bertz CT molecular complexity index is 678. The van der Waals surface area contributed by atoms with Crippen molar-refractivity contribution in [1.82, 2.24) is 19.1 Å². The first-order valence-corrected chi connectivity index (χ1v) is 10.9. The molecule has 0 unspecified atom stereocenters. The second-order valence-corrected chi connectivity index (χ2v) is 9.21. The van der Waals surface area contributed by atoms with E-state index in [4.69, 9.17) is 0 Å². The number of halogens is 2. The van der Waals surface area contributed by atoms with Crippen LogP contribution in [0, 0.1) is 0 Å². The molecule has 0 bridgehead atoms. The Labute approximate surface area is 183 Å². The van der Waals surface area contributed by atoms with E-state index in [1.54, 1.807) is 14.0 Å². The van der Waals surface area contributed by atoms with Crippen LogP contribution in [0.2, 0.25) is 0 Å². The average molecular weight is 564 g/mol. The molecule has 0 aromatic carbocycles. The van der Waals surface area contributed by atoms with Crippen LogP contribution >= 0.6 is 39.9 Å². The fourth-order valence-electron chi connectivity index (χ4n) is 2.35. The predicted molar refractivity (Wildman–Crippen MR) is 123 cm³/mol. The van der Waals surface area contributed by atoms with Gasteiger partial charge in [-0.05, 0) is 42.3 Å². The van der Waals surface area contributed by atoms with E-state index in [1.165, 1.54) is 10.00 Å². The third-order valence-corrected chi connectivity index (χ3v) is 6.20. The Kier molecular flexibility index (Phi) is 12.0. The monoisotopic (exact) mass is 563 g/mol. The van der Waals surface area contributed by atoms with Crippen molar-refractivity contribution in [2.45, 2.75) is 26.8 Å². The van der Waals surface area contributed by atoms with Crippen LogP contribution in [0.5, 0.6) is 0 Å². The normalized spacial score (nSPS) is 12.2. The lowest BCUT2D eigenvalue weighted by molar-refractivity contribution is 0.453. The van der Waals surface area contributed by atoms with Crippen LogP contribution in [0.1, 0.15) is 26.0 Å². The first-order valence-electron chi connectivity index (χ1n) is 8.45. The van der Waals surface area contributed by atoms with Crippen LogP contribution in [-0.2, 0) is 23.6 Å². The number of nitrogens with zero attached hydrogens (tertiary/aromatic N) is 4. The molecule has 1 heterocycles. The highest BCUT2D eigenvalue weighted by atomic mass is 127. The summed E-state index contributed by atoms with van der Waals surface area (Å²) in [6.45, 7) is 6.26. The molecule has 0 aliphatic heterocycles. The zero-order chi connectivity index (χ0) is 19.0. The Morgan fingerprint density at radius 3 is 2.50 bits per heavy atom. The summed E-state index contributed by atoms with van der Waals surface area (Å²) in [6, 6.07) is 2.09. The van der Waals surface area contributed by atoms with E-state index in [1.807, 2.05) is 27.2 Å². The number of aryl methyl sites for hydroxylation is 1. The summed E-state index contributed by atoms with van der Waals surface area (Å²) in [5.41, 5.74) is 1.17. The second kappa shape index (κ2) is 12.2. The van der Waals surface area contributed by atoms with Gasteiger partial charge in [0.1, 0.15) is 0 Å². The van der Waals surface area contributed by atoms with Crippen LogP contribution in [0.15, 0.2) is 21.7 Å². The van der Waals surface area contributed by atoms with Gasteiger partial charge in [0.25, 0.3) is 0 Å². The van der Waals surface area contributed by atoms with E-state index in [2.05, 4.69) is 41.8 Å². The maximum absolute atomic E-state index is 11.7. The number of guanidine groups is 1. The van der Waals surface area contributed by atoms with E-state index >= 15 is 0 Å². The van der Waals surface area contributed by atoms with Crippen LogP contribution < -0.4 is 5.32 Å². The number of aliphatic imine (C=N–C) groups is 1. The van der Waals surface area contributed by atoms with Gasteiger partial charge < -0.3 is 14.8 Å². The molecule has 0 radical (unpaired) electrons. The van der Waals surface area contributed by atoms with E-state index in [-0.39, 0.29) is 29.7 Å². The fourth-order valence-corrected chi connectivity index (χ4v) is 3.77. The first-order chi connectivity index (χ1) is 11.7. The van der Waals surface area contributed by atoms with E-state index in [0.29, 0.717) is 19.5 Å². The zero-order valence-electron chi connectivity index (χ0n) is 16.2. The Morgan fingerprint density at radius 1 is 1.35 bits per heavy atom. The van der Waals surface area contributed by atoms with Crippen molar-refractivity contribution in [3.05, 3.63) is 22.4 Å². The minimum Gasteiger partial charge on any atom is -0.357 e. The van der Waals surface area contributed by atoms with Gasteiger partial charge >= 0.3 is 0 Å². The van der Waals surface area contributed by atoms with Gasteiger partial charge in [0, 0.05) is 57.1 Å². The van der Waals surface area contributed by atoms with Crippen LogP contribution in [-0.4, -0.2) is 67.6 Å². The molecule has 0 saturated carbocycles. The summed E-state index contributed by atoms with van der Waals surface area (Å²) >= 11 is 3.49. The lowest BCUT2D eigenvalue weighted by Crippen LogP contribution is -2.39. The van der Waals surface area contributed by atoms with Crippen LogP contribution in [0.4, 0.5) is 0 Å². The molecule has 0 atom stereocenters. The molecule has 1 rings (SSSR count). The highest BCUT2D eigenvalue weighted by Crippen LogP contribution is 2.15. The van der Waals surface area contributed by atoms with E-state index in [0.717, 1.165) is 23.5 Å². The zero-order valence-corrected chi connectivity index (χ0v) is 20.9. The standard InChI is InChI=1S/C16H30BrN5O2S.HI/c1-6-18-16(19-9-8-10-22(5)25(23,24)7-2)21(4)13-15-11-14(17)12-20(15)3;/h11-12H,6-10,13H2,1-5H3,(H,18,19);1H. The molecule has 1 aromatic heterocycles. The number of aromatic nitrogens is 1. The van der Waals surface area contributed by atoms with Crippen LogP contribution in [0.25, 0.3) is 0 Å². The Morgan fingerprint density at radius 2 is 2.00 bits per heavy atom.